The lowest BCUT2D eigenvalue weighted by Gasteiger charge is -2.21. The lowest BCUT2D eigenvalue weighted by Crippen LogP contribution is -2.36. The van der Waals surface area contributed by atoms with Crippen molar-refractivity contribution in [2.75, 3.05) is 19.6 Å². The van der Waals surface area contributed by atoms with Crippen LogP contribution in [0.15, 0.2) is 54.7 Å². The second-order valence-electron chi connectivity index (χ2n) is 5.97. The van der Waals surface area contributed by atoms with Crippen LogP contribution < -0.4 is 5.73 Å². The first-order chi connectivity index (χ1) is 12.7. The first-order valence-corrected chi connectivity index (χ1v) is 9.43. The zero-order valence-corrected chi connectivity index (χ0v) is 18.0. The number of carbonyl (C=O) groups excluding carboxylic acids is 1. The van der Waals surface area contributed by atoms with Gasteiger partial charge in [-0.3, -0.25) is 9.78 Å². The second kappa shape index (κ2) is 11.8. The smallest absolute Gasteiger partial charge is 0.265 e. The van der Waals surface area contributed by atoms with Crippen molar-refractivity contribution in [1.82, 2.24) is 14.9 Å². The van der Waals surface area contributed by atoms with E-state index in [1.165, 1.54) is 16.9 Å². The Morgan fingerprint density at radius 1 is 1.07 bits per heavy atom. The molecule has 0 radical (unpaired) electrons. The molecule has 0 atom stereocenters. The number of aromatic nitrogens is 2. The van der Waals surface area contributed by atoms with Crippen LogP contribution in [-0.4, -0.2) is 40.4 Å². The van der Waals surface area contributed by atoms with Gasteiger partial charge in [-0.25, -0.2) is 4.98 Å². The molecule has 150 valence electrons. The molecular weight excluding hydrogens is 415 g/mol. The molecule has 2 heterocycles. The fraction of sp³-hybridized carbons (Fsp3) is 0.250. The Bertz CT molecular complexity index is 859. The summed E-state index contributed by atoms with van der Waals surface area (Å²) < 4.78 is 0. The van der Waals surface area contributed by atoms with Crippen LogP contribution in [0.25, 0.3) is 10.7 Å². The van der Waals surface area contributed by atoms with Crippen molar-refractivity contribution in [3.63, 3.8) is 0 Å². The minimum Gasteiger partial charge on any atom is -0.336 e. The fourth-order valence-corrected chi connectivity index (χ4v) is 3.73. The molecule has 2 aromatic heterocycles. The number of benzene rings is 1. The van der Waals surface area contributed by atoms with Gasteiger partial charge in [0, 0.05) is 25.8 Å². The average Bonchev–Trinajstić information content (AvgIpc) is 3.08. The van der Waals surface area contributed by atoms with Crippen LogP contribution in [0, 0.1) is 6.92 Å². The molecule has 0 unspecified atom stereocenters. The Labute approximate surface area is 181 Å². The molecular formula is C20H24Cl2N4OS. The van der Waals surface area contributed by atoms with Gasteiger partial charge in [-0.05, 0) is 31.0 Å². The predicted molar refractivity (Wildman–Crippen MR) is 120 cm³/mol. The number of nitrogens with two attached hydrogens (primary N) is 1. The van der Waals surface area contributed by atoms with Crippen LogP contribution in [0.2, 0.25) is 0 Å². The summed E-state index contributed by atoms with van der Waals surface area (Å²) in [6, 6.07) is 15.8. The van der Waals surface area contributed by atoms with Gasteiger partial charge in [-0.15, -0.1) is 36.2 Å². The van der Waals surface area contributed by atoms with Gasteiger partial charge < -0.3 is 10.6 Å². The number of halogens is 2. The molecule has 0 bridgehead atoms. The molecule has 5 nitrogen and oxygen atoms in total. The number of carbonyl (C=O) groups is 1. The van der Waals surface area contributed by atoms with Crippen molar-refractivity contribution in [2.45, 2.75) is 13.3 Å². The number of pyridine rings is 1. The molecule has 0 aliphatic carbocycles. The zero-order chi connectivity index (χ0) is 18.4. The second-order valence-corrected chi connectivity index (χ2v) is 6.96. The molecule has 0 fully saturated rings. The monoisotopic (exact) mass is 438 g/mol. The fourth-order valence-electron chi connectivity index (χ4n) is 2.72. The van der Waals surface area contributed by atoms with E-state index in [-0.39, 0.29) is 30.7 Å². The lowest BCUT2D eigenvalue weighted by atomic mass is 10.1. The number of amides is 1. The minimum atomic E-state index is -0.0106. The van der Waals surface area contributed by atoms with E-state index in [9.17, 15) is 4.79 Å². The summed E-state index contributed by atoms with van der Waals surface area (Å²) in [4.78, 5) is 24.4. The minimum absolute atomic E-state index is 0. The molecule has 2 N–H and O–H groups in total. The number of hydrogen-bond acceptors (Lipinski definition) is 5. The van der Waals surface area contributed by atoms with E-state index < -0.39 is 0 Å². The normalized spacial score (nSPS) is 9.93. The molecule has 1 amide bonds. The van der Waals surface area contributed by atoms with Gasteiger partial charge in [0.05, 0.1) is 11.4 Å². The highest BCUT2D eigenvalue weighted by Crippen LogP contribution is 2.27. The first-order valence-electron chi connectivity index (χ1n) is 8.61. The van der Waals surface area contributed by atoms with Gasteiger partial charge in [0.1, 0.15) is 9.88 Å². The number of nitrogens with zero attached hydrogens (tertiary/aromatic N) is 3. The first kappa shape index (κ1) is 24.0. The third-order valence-corrected chi connectivity index (χ3v) is 5.24. The maximum Gasteiger partial charge on any atom is 0.265 e. The third kappa shape index (κ3) is 6.01. The molecule has 0 saturated carbocycles. The Morgan fingerprint density at radius 2 is 1.79 bits per heavy atom. The van der Waals surface area contributed by atoms with Crippen LogP contribution in [-0.2, 0) is 6.42 Å². The third-order valence-electron chi connectivity index (χ3n) is 4.07. The number of hydrogen-bond donors (Lipinski definition) is 1. The summed E-state index contributed by atoms with van der Waals surface area (Å²) in [6.07, 6.45) is 2.53. The molecule has 0 spiro atoms. The van der Waals surface area contributed by atoms with E-state index in [2.05, 4.69) is 22.1 Å². The van der Waals surface area contributed by atoms with Gasteiger partial charge in [0.25, 0.3) is 5.91 Å². The zero-order valence-electron chi connectivity index (χ0n) is 15.6. The standard InChI is InChI=1S/C20H22N4OS.2ClH/c1-15-18(26-19(23-15)17-9-5-6-12-22-17)20(25)24(14-11-21)13-10-16-7-3-2-4-8-16;;/h2-9,12H,10-11,13-14,21H2,1H3;2*1H. The van der Waals surface area contributed by atoms with E-state index >= 15 is 0 Å². The van der Waals surface area contributed by atoms with Crippen LogP contribution in [0.3, 0.4) is 0 Å². The predicted octanol–water partition coefficient (Wildman–Crippen LogP) is 4.00. The Kier molecular flexibility index (Phi) is 10.1. The van der Waals surface area contributed by atoms with Crippen LogP contribution in [0.1, 0.15) is 20.9 Å². The summed E-state index contributed by atoms with van der Waals surface area (Å²) in [5.74, 6) is -0.0106. The largest absolute Gasteiger partial charge is 0.336 e. The van der Waals surface area contributed by atoms with E-state index in [1.807, 2.05) is 48.2 Å². The lowest BCUT2D eigenvalue weighted by molar-refractivity contribution is 0.0766. The van der Waals surface area contributed by atoms with Gasteiger partial charge >= 0.3 is 0 Å². The summed E-state index contributed by atoms with van der Waals surface area (Å²) in [5, 5.41) is 0.766. The summed E-state index contributed by atoms with van der Waals surface area (Å²) in [6.45, 7) is 3.47. The van der Waals surface area contributed by atoms with Crippen molar-refractivity contribution >= 4 is 42.1 Å². The molecule has 8 heteroatoms. The Balaban J connectivity index is 0.00000196. The van der Waals surface area contributed by atoms with Crippen molar-refractivity contribution < 1.29 is 4.79 Å². The number of rotatable bonds is 7. The van der Waals surface area contributed by atoms with Crippen molar-refractivity contribution in [3.05, 3.63) is 70.9 Å². The molecule has 1 aromatic carbocycles. The molecule has 3 rings (SSSR count). The van der Waals surface area contributed by atoms with E-state index in [4.69, 9.17) is 5.73 Å². The molecule has 3 aromatic rings. The van der Waals surface area contributed by atoms with Gasteiger partial charge in [-0.1, -0.05) is 36.4 Å². The number of aryl methyl sites for hydroxylation is 1. The van der Waals surface area contributed by atoms with E-state index in [0.717, 1.165) is 22.8 Å². The van der Waals surface area contributed by atoms with Crippen LogP contribution in [0.5, 0.6) is 0 Å². The van der Waals surface area contributed by atoms with Crippen molar-refractivity contribution in [2.24, 2.45) is 5.73 Å². The van der Waals surface area contributed by atoms with Crippen LogP contribution in [0.4, 0.5) is 0 Å². The summed E-state index contributed by atoms with van der Waals surface area (Å²) in [5.41, 5.74) is 8.46. The van der Waals surface area contributed by atoms with Crippen LogP contribution >= 0.6 is 36.2 Å². The van der Waals surface area contributed by atoms with Gasteiger partial charge in [0.15, 0.2) is 0 Å². The highest BCUT2D eigenvalue weighted by molar-refractivity contribution is 7.17. The Hall–Kier alpha value is -1.99. The molecule has 0 aliphatic heterocycles. The summed E-state index contributed by atoms with van der Waals surface area (Å²) >= 11 is 1.39. The van der Waals surface area contributed by atoms with Crippen molar-refractivity contribution in [1.29, 1.82) is 0 Å². The summed E-state index contributed by atoms with van der Waals surface area (Å²) in [7, 11) is 0. The highest BCUT2D eigenvalue weighted by atomic mass is 35.5. The molecule has 0 aliphatic rings. The SMILES string of the molecule is Cc1nc(-c2ccccn2)sc1C(=O)N(CCN)CCc1ccccc1.Cl.Cl. The van der Waals surface area contributed by atoms with Crippen molar-refractivity contribution in [3.8, 4) is 10.7 Å². The topological polar surface area (TPSA) is 72.1 Å². The quantitative estimate of drug-likeness (QED) is 0.604. The van der Waals surface area contributed by atoms with Gasteiger partial charge in [-0.2, -0.15) is 0 Å². The maximum absolute atomic E-state index is 13.0. The molecule has 0 saturated heterocycles. The average molecular weight is 439 g/mol. The number of thiazole rings is 1. The maximum atomic E-state index is 13.0. The Morgan fingerprint density at radius 3 is 2.43 bits per heavy atom. The van der Waals surface area contributed by atoms with Gasteiger partial charge in [0.2, 0.25) is 0 Å². The van der Waals surface area contributed by atoms with E-state index in [1.54, 1.807) is 6.20 Å². The highest BCUT2D eigenvalue weighted by Gasteiger charge is 2.21. The van der Waals surface area contributed by atoms with E-state index in [0.29, 0.717) is 24.5 Å². The molecule has 28 heavy (non-hydrogen) atoms.